The van der Waals surface area contributed by atoms with Gasteiger partial charge in [0.25, 0.3) is 0 Å². The van der Waals surface area contributed by atoms with Gasteiger partial charge in [-0.25, -0.2) is 9.59 Å². The van der Waals surface area contributed by atoms with E-state index < -0.39 is 11.9 Å². The van der Waals surface area contributed by atoms with Crippen molar-refractivity contribution >= 4 is 40.0 Å². The van der Waals surface area contributed by atoms with Crippen LogP contribution in [0.2, 0.25) is 0 Å². The van der Waals surface area contributed by atoms with Gasteiger partial charge in [-0.1, -0.05) is 35.5 Å². The number of rotatable bonds is 7. The van der Waals surface area contributed by atoms with Crippen molar-refractivity contribution in [1.29, 1.82) is 0 Å². The molecule has 0 saturated heterocycles. The van der Waals surface area contributed by atoms with Crippen molar-refractivity contribution in [2.45, 2.75) is 31.3 Å². The van der Waals surface area contributed by atoms with Gasteiger partial charge in [0, 0.05) is 23.4 Å². The van der Waals surface area contributed by atoms with Crippen LogP contribution in [0.3, 0.4) is 0 Å². The maximum atomic E-state index is 12.2. The third-order valence-corrected chi connectivity index (χ3v) is 6.48. The Balaban J connectivity index is 1.96. The van der Waals surface area contributed by atoms with Gasteiger partial charge in [0.15, 0.2) is 11.0 Å². The van der Waals surface area contributed by atoms with Crippen LogP contribution in [0.4, 0.5) is 5.00 Å². The summed E-state index contributed by atoms with van der Waals surface area (Å²) in [4.78, 5) is 24.7. The second-order valence-corrected chi connectivity index (χ2v) is 8.34. The molecule has 30 heavy (non-hydrogen) atoms. The van der Waals surface area contributed by atoms with Crippen LogP contribution in [0.1, 0.15) is 38.1 Å². The third kappa shape index (κ3) is 4.19. The van der Waals surface area contributed by atoms with Crippen molar-refractivity contribution in [3.05, 3.63) is 45.8 Å². The zero-order valence-corrected chi connectivity index (χ0v) is 18.7. The number of carbonyl (C=O) groups excluding carboxylic acids is 2. The molecule has 0 radical (unpaired) electrons. The summed E-state index contributed by atoms with van der Waals surface area (Å²) in [5.74, 6) is -0.0918. The van der Waals surface area contributed by atoms with Crippen LogP contribution in [0.5, 0.6) is 0 Å². The Bertz CT molecular complexity index is 1090. The molecule has 0 aliphatic carbocycles. The Morgan fingerprint density at radius 1 is 1.20 bits per heavy atom. The standard InChI is InChI=1S/C20H22N4O4S2/c1-5-24-17(12-8-6-7-11(2)9-12)22-23-20(24)29-10-13-14(18(25)27-3)16(21)30-15(13)19(26)28-4/h6-9H,5,10,21H2,1-4H3. The first-order valence-corrected chi connectivity index (χ1v) is 10.9. The van der Waals surface area contributed by atoms with Crippen LogP contribution in [0.15, 0.2) is 29.4 Å². The lowest BCUT2D eigenvalue weighted by Gasteiger charge is -2.09. The molecule has 2 heterocycles. The lowest BCUT2D eigenvalue weighted by atomic mass is 10.1. The number of thioether (sulfide) groups is 1. The van der Waals surface area contributed by atoms with E-state index >= 15 is 0 Å². The second-order valence-electron chi connectivity index (χ2n) is 6.34. The monoisotopic (exact) mass is 446 g/mol. The van der Waals surface area contributed by atoms with Crippen molar-refractivity contribution in [3.63, 3.8) is 0 Å². The fourth-order valence-corrected chi connectivity index (χ4v) is 5.14. The summed E-state index contributed by atoms with van der Waals surface area (Å²) in [6.45, 7) is 4.70. The van der Waals surface area contributed by atoms with Gasteiger partial charge in [-0.2, -0.15) is 0 Å². The highest BCUT2D eigenvalue weighted by Crippen LogP contribution is 2.36. The van der Waals surface area contributed by atoms with Crippen molar-refractivity contribution in [2.24, 2.45) is 0 Å². The summed E-state index contributed by atoms with van der Waals surface area (Å²) >= 11 is 2.38. The number of aryl methyl sites for hydroxylation is 1. The average Bonchev–Trinajstić information content (AvgIpc) is 3.31. The molecule has 3 rings (SSSR count). The molecule has 0 aliphatic rings. The first-order valence-electron chi connectivity index (χ1n) is 9.12. The van der Waals surface area contributed by atoms with E-state index in [0.717, 1.165) is 28.3 Å². The van der Waals surface area contributed by atoms with E-state index in [1.165, 1.54) is 26.0 Å². The van der Waals surface area contributed by atoms with Crippen LogP contribution in [0.25, 0.3) is 11.4 Å². The van der Waals surface area contributed by atoms with Gasteiger partial charge < -0.3 is 19.8 Å². The quantitative estimate of drug-likeness (QED) is 0.431. The molecule has 10 heteroatoms. The summed E-state index contributed by atoms with van der Waals surface area (Å²) in [6, 6.07) is 8.04. The van der Waals surface area contributed by atoms with Gasteiger partial charge in [-0.3, -0.25) is 0 Å². The predicted octanol–water partition coefficient (Wildman–Crippen LogP) is 3.78. The number of ether oxygens (including phenoxy) is 2. The van der Waals surface area contributed by atoms with Crippen molar-refractivity contribution in [1.82, 2.24) is 14.8 Å². The van der Waals surface area contributed by atoms with E-state index in [9.17, 15) is 9.59 Å². The maximum Gasteiger partial charge on any atom is 0.348 e. The second kappa shape index (κ2) is 9.31. The van der Waals surface area contributed by atoms with Gasteiger partial charge in [-0.05, 0) is 19.9 Å². The number of methoxy groups -OCH3 is 2. The molecule has 0 bridgehead atoms. The van der Waals surface area contributed by atoms with E-state index in [0.29, 0.717) is 17.3 Å². The number of nitrogens with two attached hydrogens (primary N) is 1. The third-order valence-electron chi connectivity index (χ3n) is 4.45. The number of anilines is 1. The Kier molecular flexibility index (Phi) is 6.78. The maximum absolute atomic E-state index is 12.2. The lowest BCUT2D eigenvalue weighted by Crippen LogP contribution is -2.09. The summed E-state index contributed by atoms with van der Waals surface area (Å²) in [5.41, 5.74) is 8.77. The van der Waals surface area contributed by atoms with Crippen LogP contribution in [-0.4, -0.2) is 40.9 Å². The van der Waals surface area contributed by atoms with Crippen molar-refractivity contribution < 1.29 is 19.1 Å². The molecule has 0 amide bonds. The molecule has 8 nitrogen and oxygen atoms in total. The van der Waals surface area contributed by atoms with E-state index in [4.69, 9.17) is 15.2 Å². The van der Waals surface area contributed by atoms with Gasteiger partial charge >= 0.3 is 11.9 Å². The first-order chi connectivity index (χ1) is 14.4. The number of aromatic nitrogens is 3. The Hall–Kier alpha value is -2.85. The molecule has 2 N–H and O–H groups in total. The number of thiophene rings is 1. The molecular weight excluding hydrogens is 424 g/mol. The summed E-state index contributed by atoms with van der Waals surface area (Å²) < 4.78 is 11.7. The zero-order chi connectivity index (χ0) is 21.8. The minimum absolute atomic E-state index is 0.192. The molecular formula is C20H22N4O4S2. The molecule has 158 valence electrons. The molecule has 1 aromatic carbocycles. The normalized spacial score (nSPS) is 10.8. The van der Waals surface area contributed by atoms with Crippen molar-refractivity contribution in [2.75, 3.05) is 20.0 Å². The Labute approximate surface area is 182 Å². The first kappa shape index (κ1) is 21.8. The highest BCUT2D eigenvalue weighted by atomic mass is 32.2. The average molecular weight is 447 g/mol. The molecule has 3 aromatic rings. The SMILES string of the molecule is CCn1c(SCc2c(C(=O)OC)sc(N)c2C(=O)OC)nnc1-c1cccc(C)c1. The molecule has 0 unspecified atom stereocenters. The Morgan fingerprint density at radius 2 is 1.93 bits per heavy atom. The van der Waals surface area contributed by atoms with E-state index in [-0.39, 0.29) is 21.2 Å². The number of carbonyl (C=O) groups is 2. The van der Waals surface area contributed by atoms with Crippen LogP contribution in [-0.2, 0) is 21.8 Å². The summed E-state index contributed by atoms with van der Waals surface area (Å²) in [5, 5.41) is 9.56. The number of hydrogen-bond acceptors (Lipinski definition) is 9. The highest BCUT2D eigenvalue weighted by Gasteiger charge is 2.27. The number of benzene rings is 1. The Morgan fingerprint density at radius 3 is 2.57 bits per heavy atom. The smallest absolute Gasteiger partial charge is 0.348 e. The summed E-state index contributed by atoms with van der Waals surface area (Å²) in [7, 11) is 2.56. The molecule has 0 aliphatic heterocycles. The number of hydrogen-bond donors (Lipinski definition) is 1. The van der Waals surface area contributed by atoms with Crippen molar-refractivity contribution in [3.8, 4) is 11.4 Å². The van der Waals surface area contributed by atoms with Crippen LogP contribution < -0.4 is 5.73 Å². The fraction of sp³-hybridized carbons (Fsp3) is 0.300. The molecule has 0 fully saturated rings. The zero-order valence-electron chi connectivity index (χ0n) is 17.1. The largest absolute Gasteiger partial charge is 0.465 e. The topological polar surface area (TPSA) is 109 Å². The minimum atomic E-state index is -0.591. The minimum Gasteiger partial charge on any atom is -0.465 e. The number of nitrogen functional groups attached to an aromatic ring is 1. The van der Waals surface area contributed by atoms with Crippen LogP contribution in [0, 0.1) is 6.92 Å². The molecule has 2 aromatic heterocycles. The van der Waals surface area contributed by atoms with Gasteiger partial charge in [0.2, 0.25) is 0 Å². The van der Waals surface area contributed by atoms with Gasteiger partial charge in [0.1, 0.15) is 9.88 Å². The number of esters is 2. The van der Waals surface area contributed by atoms with E-state index in [1.54, 1.807) is 0 Å². The fourth-order valence-electron chi connectivity index (χ4n) is 3.02. The van der Waals surface area contributed by atoms with E-state index in [1.807, 2.05) is 36.6 Å². The molecule has 0 saturated carbocycles. The summed E-state index contributed by atoms with van der Waals surface area (Å²) in [6.07, 6.45) is 0. The van der Waals surface area contributed by atoms with Gasteiger partial charge in [-0.15, -0.1) is 21.5 Å². The lowest BCUT2D eigenvalue weighted by molar-refractivity contribution is 0.0601. The van der Waals surface area contributed by atoms with Crippen LogP contribution >= 0.6 is 23.1 Å². The predicted molar refractivity (Wildman–Crippen MR) is 117 cm³/mol. The highest BCUT2D eigenvalue weighted by molar-refractivity contribution is 7.98. The van der Waals surface area contributed by atoms with E-state index in [2.05, 4.69) is 16.3 Å². The molecule has 0 atom stereocenters. The molecule has 0 spiro atoms. The van der Waals surface area contributed by atoms with Gasteiger partial charge in [0.05, 0.1) is 19.8 Å². The number of nitrogens with zero attached hydrogens (tertiary/aromatic N) is 3.